The van der Waals surface area contributed by atoms with Crippen LogP contribution in [0.1, 0.15) is 27.7 Å². The predicted molar refractivity (Wildman–Crippen MR) is 142 cm³/mol. The average Bonchev–Trinajstić information content (AvgIpc) is 2.81. The van der Waals surface area contributed by atoms with Gasteiger partial charge in [0.2, 0.25) is 0 Å². The summed E-state index contributed by atoms with van der Waals surface area (Å²) in [6.45, 7) is 9.15. The van der Waals surface area contributed by atoms with Crippen molar-refractivity contribution in [2.75, 3.05) is 30.3 Å². The van der Waals surface area contributed by atoms with E-state index in [1.54, 1.807) is 15.5 Å². The standard InChI is InChI=1S/C26H27ClF2N4O3S/c1-14-13-31(7-8-32(14)25(35)36-26(2,3)4)23-17-12-18(27)20(16-6-5-15(28)11-19(16)29)22-21(17)33(9-10-37-22)24(34)30-23/h5-6,11-12,14H,7-10,13H2,1-4H3/t14-/m1/s1. The molecule has 1 aromatic heterocycles. The first-order chi connectivity index (χ1) is 17.4. The molecule has 3 aromatic rings. The number of anilines is 1. The van der Waals surface area contributed by atoms with Crippen molar-refractivity contribution in [2.45, 2.75) is 50.8 Å². The van der Waals surface area contributed by atoms with E-state index in [4.69, 9.17) is 16.3 Å². The molecule has 1 atom stereocenters. The van der Waals surface area contributed by atoms with Gasteiger partial charge in [-0.1, -0.05) is 11.6 Å². The lowest BCUT2D eigenvalue weighted by Gasteiger charge is -2.41. The van der Waals surface area contributed by atoms with Crippen LogP contribution < -0.4 is 10.6 Å². The minimum atomic E-state index is -0.723. The van der Waals surface area contributed by atoms with E-state index in [2.05, 4.69) is 4.98 Å². The Morgan fingerprint density at radius 3 is 2.62 bits per heavy atom. The second kappa shape index (κ2) is 9.47. The van der Waals surface area contributed by atoms with E-state index in [1.807, 2.05) is 32.6 Å². The minimum absolute atomic E-state index is 0.176. The minimum Gasteiger partial charge on any atom is -0.444 e. The molecule has 0 bridgehead atoms. The molecule has 1 saturated heterocycles. The fourth-order valence-electron chi connectivity index (χ4n) is 4.87. The van der Waals surface area contributed by atoms with Crippen molar-refractivity contribution in [1.29, 1.82) is 0 Å². The Morgan fingerprint density at radius 2 is 1.95 bits per heavy atom. The largest absolute Gasteiger partial charge is 0.444 e. The Bertz CT molecular complexity index is 1470. The summed E-state index contributed by atoms with van der Waals surface area (Å²) in [6, 6.07) is 4.90. The summed E-state index contributed by atoms with van der Waals surface area (Å²) in [7, 11) is 0. The van der Waals surface area contributed by atoms with Crippen molar-refractivity contribution in [3.05, 3.63) is 51.4 Å². The van der Waals surface area contributed by atoms with Gasteiger partial charge in [0.15, 0.2) is 0 Å². The number of aryl methyl sites for hydroxylation is 1. The van der Waals surface area contributed by atoms with Crippen LogP contribution in [0.2, 0.25) is 5.02 Å². The zero-order valence-electron chi connectivity index (χ0n) is 21.0. The molecule has 3 heterocycles. The van der Waals surface area contributed by atoms with Gasteiger partial charge >= 0.3 is 11.8 Å². The number of rotatable bonds is 2. The van der Waals surface area contributed by atoms with Crippen LogP contribution in [0.15, 0.2) is 34.0 Å². The maximum Gasteiger partial charge on any atom is 0.410 e. The Morgan fingerprint density at radius 1 is 1.19 bits per heavy atom. The van der Waals surface area contributed by atoms with Crippen molar-refractivity contribution in [2.24, 2.45) is 0 Å². The molecule has 0 spiro atoms. The van der Waals surface area contributed by atoms with Gasteiger partial charge in [0, 0.05) is 65.4 Å². The van der Waals surface area contributed by atoms with E-state index in [0.29, 0.717) is 59.1 Å². The number of piperazine rings is 1. The van der Waals surface area contributed by atoms with Crippen molar-refractivity contribution in [1.82, 2.24) is 14.5 Å². The van der Waals surface area contributed by atoms with Gasteiger partial charge in [-0.2, -0.15) is 4.98 Å². The Hall–Kier alpha value is -2.85. The van der Waals surface area contributed by atoms with Crippen LogP contribution in [-0.4, -0.2) is 57.6 Å². The highest BCUT2D eigenvalue weighted by Gasteiger charge is 2.33. The van der Waals surface area contributed by atoms with E-state index in [-0.39, 0.29) is 22.7 Å². The van der Waals surface area contributed by atoms with Crippen LogP contribution >= 0.6 is 23.4 Å². The molecule has 2 aliphatic heterocycles. The molecule has 11 heteroatoms. The molecule has 5 rings (SSSR count). The zero-order chi connectivity index (χ0) is 26.6. The number of hydrogen-bond acceptors (Lipinski definition) is 6. The van der Waals surface area contributed by atoms with Gasteiger partial charge in [-0.05, 0) is 45.9 Å². The fraction of sp³-hybridized carbons (Fsp3) is 0.423. The lowest BCUT2D eigenvalue weighted by atomic mass is 10.0. The van der Waals surface area contributed by atoms with Gasteiger partial charge in [-0.25, -0.2) is 18.4 Å². The summed E-state index contributed by atoms with van der Waals surface area (Å²) >= 11 is 8.22. The molecule has 2 aliphatic rings. The van der Waals surface area contributed by atoms with Crippen LogP contribution in [0.3, 0.4) is 0 Å². The van der Waals surface area contributed by atoms with Crippen LogP contribution in [0.4, 0.5) is 19.4 Å². The first-order valence-corrected chi connectivity index (χ1v) is 13.4. The maximum absolute atomic E-state index is 14.8. The number of hydrogen-bond donors (Lipinski definition) is 0. The summed E-state index contributed by atoms with van der Waals surface area (Å²) in [5.74, 6) is -0.338. The Labute approximate surface area is 222 Å². The summed E-state index contributed by atoms with van der Waals surface area (Å²) in [5, 5.41) is 0.965. The molecule has 37 heavy (non-hydrogen) atoms. The Kier molecular flexibility index (Phi) is 6.60. The van der Waals surface area contributed by atoms with Crippen molar-refractivity contribution < 1.29 is 18.3 Å². The number of aromatic nitrogens is 2. The molecular weight excluding hydrogens is 522 g/mol. The third-order valence-corrected chi connectivity index (χ3v) is 7.84. The van der Waals surface area contributed by atoms with E-state index < -0.39 is 22.9 Å². The third kappa shape index (κ3) is 4.77. The number of benzene rings is 2. The zero-order valence-corrected chi connectivity index (χ0v) is 22.6. The average molecular weight is 549 g/mol. The number of carbonyl (C=O) groups is 1. The molecule has 196 valence electrons. The molecule has 0 unspecified atom stereocenters. The third-order valence-electron chi connectivity index (χ3n) is 6.47. The molecule has 0 aliphatic carbocycles. The lowest BCUT2D eigenvalue weighted by molar-refractivity contribution is 0.0158. The second-order valence-corrected chi connectivity index (χ2v) is 11.8. The summed E-state index contributed by atoms with van der Waals surface area (Å²) < 4.78 is 35.5. The molecule has 0 saturated carbocycles. The summed E-state index contributed by atoms with van der Waals surface area (Å²) in [5.41, 5.74) is 0.242. The highest BCUT2D eigenvalue weighted by molar-refractivity contribution is 7.99. The van der Waals surface area contributed by atoms with Gasteiger partial charge in [-0.15, -0.1) is 11.8 Å². The normalized spacial score (nSPS) is 17.9. The molecule has 1 amide bonds. The first kappa shape index (κ1) is 25.8. The highest BCUT2D eigenvalue weighted by atomic mass is 35.5. The van der Waals surface area contributed by atoms with E-state index in [1.165, 1.54) is 23.9 Å². The van der Waals surface area contributed by atoms with Crippen LogP contribution in [0, 0.1) is 11.6 Å². The van der Waals surface area contributed by atoms with Gasteiger partial charge < -0.3 is 14.5 Å². The summed E-state index contributed by atoms with van der Waals surface area (Å²) in [4.78, 5) is 34.6. The fourth-order valence-corrected chi connectivity index (χ4v) is 6.44. The first-order valence-electron chi connectivity index (χ1n) is 12.0. The van der Waals surface area contributed by atoms with Crippen LogP contribution in [0.5, 0.6) is 0 Å². The maximum atomic E-state index is 14.8. The van der Waals surface area contributed by atoms with E-state index in [9.17, 15) is 18.4 Å². The van der Waals surface area contributed by atoms with Crippen molar-refractivity contribution >= 4 is 46.2 Å². The summed E-state index contributed by atoms with van der Waals surface area (Å²) in [6.07, 6.45) is -0.380. The molecule has 7 nitrogen and oxygen atoms in total. The molecule has 0 N–H and O–H groups in total. The topological polar surface area (TPSA) is 67.7 Å². The molecule has 0 radical (unpaired) electrons. The quantitative estimate of drug-likeness (QED) is 0.418. The number of halogens is 3. The SMILES string of the molecule is C[C@@H]1CN(c2nc(=O)n3c4c(c(-c5ccc(F)cc5F)c(Cl)cc24)SCC3)CCN1C(=O)OC(C)(C)C. The monoisotopic (exact) mass is 548 g/mol. The van der Waals surface area contributed by atoms with Gasteiger partial charge in [0.05, 0.1) is 10.5 Å². The van der Waals surface area contributed by atoms with Crippen molar-refractivity contribution in [3.8, 4) is 11.1 Å². The van der Waals surface area contributed by atoms with Gasteiger partial charge in [0.25, 0.3) is 0 Å². The number of ether oxygens (including phenoxy) is 1. The van der Waals surface area contributed by atoms with Gasteiger partial charge in [-0.3, -0.25) is 4.57 Å². The smallest absolute Gasteiger partial charge is 0.410 e. The van der Waals surface area contributed by atoms with E-state index >= 15 is 0 Å². The van der Waals surface area contributed by atoms with E-state index in [0.717, 1.165) is 6.07 Å². The van der Waals surface area contributed by atoms with Crippen LogP contribution in [0.25, 0.3) is 22.0 Å². The number of thioether (sulfide) groups is 1. The molecular formula is C26H27ClF2N4O3S. The second-order valence-electron chi connectivity index (χ2n) is 10.3. The highest BCUT2D eigenvalue weighted by Crippen LogP contribution is 2.46. The molecule has 1 fully saturated rings. The van der Waals surface area contributed by atoms with Crippen molar-refractivity contribution in [3.63, 3.8) is 0 Å². The lowest BCUT2D eigenvalue weighted by Crippen LogP contribution is -2.55. The number of carbonyl (C=O) groups excluding carboxylic acids is 1. The number of amides is 1. The Balaban J connectivity index is 1.59. The molecule has 2 aromatic carbocycles. The number of nitrogens with zero attached hydrogens (tertiary/aromatic N) is 4. The predicted octanol–water partition coefficient (Wildman–Crippen LogP) is 5.55. The van der Waals surface area contributed by atoms with Crippen LogP contribution in [-0.2, 0) is 11.3 Å². The van der Waals surface area contributed by atoms with Gasteiger partial charge in [0.1, 0.15) is 23.1 Å².